The summed E-state index contributed by atoms with van der Waals surface area (Å²) in [5.41, 5.74) is -0.638. The van der Waals surface area contributed by atoms with Crippen LogP contribution in [0, 0.1) is 12.8 Å². The summed E-state index contributed by atoms with van der Waals surface area (Å²) in [7, 11) is 0. The molecule has 0 bridgehead atoms. The lowest BCUT2D eigenvalue weighted by Crippen LogP contribution is -2.33. The zero-order valence-electron chi connectivity index (χ0n) is 10.4. The van der Waals surface area contributed by atoms with Crippen LogP contribution in [0.4, 0.5) is 5.82 Å². The number of hydrogen-bond acceptors (Lipinski definition) is 4. The predicted molar refractivity (Wildman–Crippen MR) is 68.4 cm³/mol. The molecule has 1 unspecified atom stereocenters. The first-order chi connectivity index (χ1) is 7.86. The monoisotopic (exact) mass is 255 g/mol. The number of rotatable bonds is 2. The van der Waals surface area contributed by atoms with Gasteiger partial charge in [-0.3, -0.25) is 0 Å². The summed E-state index contributed by atoms with van der Waals surface area (Å²) in [6, 6.07) is 1.78. The third kappa shape index (κ3) is 2.87. The second-order valence-corrected chi connectivity index (χ2v) is 5.57. The molecule has 2 heterocycles. The average molecular weight is 256 g/mol. The summed E-state index contributed by atoms with van der Waals surface area (Å²) in [6.45, 7) is 7.27. The number of aryl methyl sites for hydroxylation is 1. The van der Waals surface area contributed by atoms with Crippen molar-refractivity contribution >= 4 is 17.4 Å². The summed E-state index contributed by atoms with van der Waals surface area (Å²) in [5, 5.41) is 10.5. The quantitative estimate of drug-likeness (QED) is 0.822. The van der Waals surface area contributed by atoms with E-state index < -0.39 is 5.60 Å². The van der Waals surface area contributed by atoms with Gasteiger partial charge < -0.3 is 10.0 Å². The molecule has 1 saturated heterocycles. The third-order valence-electron chi connectivity index (χ3n) is 3.30. The van der Waals surface area contributed by atoms with Crippen LogP contribution in [0.5, 0.6) is 0 Å². The molecule has 0 aromatic carbocycles. The van der Waals surface area contributed by atoms with Gasteiger partial charge in [0.05, 0.1) is 5.60 Å². The fourth-order valence-electron chi connectivity index (χ4n) is 2.22. The molecule has 1 N–H and O–H groups in total. The van der Waals surface area contributed by atoms with Crippen molar-refractivity contribution in [3.63, 3.8) is 0 Å². The van der Waals surface area contributed by atoms with E-state index in [0.717, 1.165) is 25.3 Å². The van der Waals surface area contributed by atoms with Gasteiger partial charge in [0, 0.05) is 25.1 Å². The first-order valence-corrected chi connectivity index (χ1v) is 6.22. The number of halogens is 1. The third-order valence-corrected chi connectivity index (χ3v) is 3.50. The minimum atomic E-state index is -0.638. The normalized spacial score (nSPS) is 21.0. The van der Waals surface area contributed by atoms with Gasteiger partial charge in [-0.1, -0.05) is 11.6 Å². The molecule has 0 spiro atoms. The van der Waals surface area contributed by atoms with Crippen LogP contribution in [0.3, 0.4) is 0 Å². The van der Waals surface area contributed by atoms with Crippen LogP contribution >= 0.6 is 11.6 Å². The Balaban J connectivity index is 2.15. The Morgan fingerprint density at radius 1 is 1.47 bits per heavy atom. The van der Waals surface area contributed by atoms with Crippen LogP contribution in [0.1, 0.15) is 26.1 Å². The Morgan fingerprint density at radius 2 is 2.18 bits per heavy atom. The van der Waals surface area contributed by atoms with Gasteiger partial charge in [0.1, 0.15) is 16.8 Å². The van der Waals surface area contributed by atoms with Crippen molar-refractivity contribution in [3.8, 4) is 0 Å². The van der Waals surface area contributed by atoms with Gasteiger partial charge in [0.15, 0.2) is 0 Å². The summed E-state index contributed by atoms with van der Waals surface area (Å²) in [4.78, 5) is 10.6. The minimum Gasteiger partial charge on any atom is -0.390 e. The summed E-state index contributed by atoms with van der Waals surface area (Å²) in [5.74, 6) is 1.81. The molecule has 1 aliphatic rings. The molecule has 1 fully saturated rings. The maximum absolute atomic E-state index is 10.0. The van der Waals surface area contributed by atoms with Gasteiger partial charge in [-0.25, -0.2) is 9.97 Å². The maximum atomic E-state index is 10.0. The van der Waals surface area contributed by atoms with Crippen LogP contribution in [-0.2, 0) is 0 Å². The second kappa shape index (κ2) is 4.42. The Morgan fingerprint density at radius 3 is 2.71 bits per heavy atom. The zero-order chi connectivity index (χ0) is 12.6. The van der Waals surface area contributed by atoms with Crippen molar-refractivity contribution in [2.24, 2.45) is 5.92 Å². The molecule has 17 heavy (non-hydrogen) atoms. The molecule has 2 rings (SSSR count). The number of aromatic nitrogens is 2. The molecule has 94 valence electrons. The fourth-order valence-corrected chi connectivity index (χ4v) is 2.44. The highest BCUT2D eigenvalue weighted by Gasteiger charge is 2.34. The van der Waals surface area contributed by atoms with Gasteiger partial charge in [0.25, 0.3) is 0 Å². The lowest BCUT2D eigenvalue weighted by Gasteiger charge is -2.25. The van der Waals surface area contributed by atoms with E-state index in [1.54, 1.807) is 6.07 Å². The minimum absolute atomic E-state index is 0.275. The lowest BCUT2D eigenvalue weighted by atomic mass is 9.90. The first kappa shape index (κ1) is 12.6. The van der Waals surface area contributed by atoms with E-state index in [1.165, 1.54) is 0 Å². The molecule has 1 aliphatic heterocycles. The van der Waals surface area contributed by atoms with Crippen molar-refractivity contribution in [2.45, 2.75) is 32.8 Å². The zero-order valence-corrected chi connectivity index (χ0v) is 11.2. The maximum Gasteiger partial charge on any atom is 0.134 e. The summed E-state index contributed by atoms with van der Waals surface area (Å²) in [6.07, 6.45) is 0.976. The van der Waals surface area contributed by atoms with Crippen molar-refractivity contribution in [1.82, 2.24) is 9.97 Å². The van der Waals surface area contributed by atoms with Crippen LogP contribution in [-0.4, -0.2) is 33.8 Å². The largest absolute Gasteiger partial charge is 0.390 e. The van der Waals surface area contributed by atoms with Crippen LogP contribution in [0.2, 0.25) is 5.15 Å². The second-order valence-electron chi connectivity index (χ2n) is 5.18. The van der Waals surface area contributed by atoms with E-state index >= 15 is 0 Å². The molecule has 1 atom stereocenters. The van der Waals surface area contributed by atoms with Gasteiger partial charge in [-0.05, 0) is 27.2 Å². The molecule has 0 amide bonds. The van der Waals surface area contributed by atoms with Crippen molar-refractivity contribution in [2.75, 3.05) is 18.0 Å². The molecule has 0 radical (unpaired) electrons. The van der Waals surface area contributed by atoms with E-state index in [-0.39, 0.29) is 5.92 Å². The number of nitrogens with zero attached hydrogens (tertiary/aromatic N) is 3. The molecule has 1 aromatic rings. The molecule has 0 saturated carbocycles. The highest BCUT2D eigenvalue weighted by atomic mass is 35.5. The van der Waals surface area contributed by atoms with E-state index in [0.29, 0.717) is 11.0 Å². The van der Waals surface area contributed by atoms with E-state index in [4.69, 9.17) is 11.6 Å². The average Bonchev–Trinajstić information content (AvgIpc) is 2.63. The molecule has 5 heteroatoms. The summed E-state index contributed by atoms with van der Waals surface area (Å²) >= 11 is 5.93. The molecular formula is C12H18ClN3O. The molecular weight excluding hydrogens is 238 g/mol. The number of anilines is 1. The standard InChI is InChI=1S/C12H18ClN3O/c1-8-14-10(13)6-11(15-8)16-5-4-9(7-16)12(2,3)17/h6,9,17H,4-5,7H2,1-3H3. The number of aliphatic hydroxyl groups is 1. The lowest BCUT2D eigenvalue weighted by molar-refractivity contribution is 0.0263. The van der Waals surface area contributed by atoms with Crippen molar-refractivity contribution < 1.29 is 5.11 Å². The topological polar surface area (TPSA) is 49.2 Å². The Kier molecular flexibility index (Phi) is 3.27. The fraction of sp³-hybridized carbons (Fsp3) is 0.667. The van der Waals surface area contributed by atoms with E-state index in [9.17, 15) is 5.11 Å². The predicted octanol–water partition coefficient (Wildman–Crippen LogP) is 2.04. The highest BCUT2D eigenvalue weighted by molar-refractivity contribution is 6.29. The van der Waals surface area contributed by atoms with E-state index in [1.807, 2.05) is 20.8 Å². The van der Waals surface area contributed by atoms with Crippen LogP contribution in [0.25, 0.3) is 0 Å². The molecule has 4 nitrogen and oxygen atoms in total. The molecule has 0 aliphatic carbocycles. The molecule has 1 aromatic heterocycles. The SMILES string of the molecule is Cc1nc(Cl)cc(N2CCC(C(C)(C)O)C2)n1. The van der Waals surface area contributed by atoms with Crippen LogP contribution < -0.4 is 4.90 Å². The Labute approximate surface area is 107 Å². The Hall–Kier alpha value is -0.870. The number of hydrogen-bond donors (Lipinski definition) is 1. The van der Waals surface area contributed by atoms with E-state index in [2.05, 4.69) is 14.9 Å². The van der Waals surface area contributed by atoms with Crippen molar-refractivity contribution in [3.05, 3.63) is 17.0 Å². The smallest absolute Gasteiger partial charge is 0.134 e. The van der Waals surface area contributed by atoms with Gasteiger partial charge in [0.2, 0.25) is 0 Å². The first-order valence-electron chi connectivity index (χ1n) is 5.85. The van der Waals surface area contributed by atoms with Gasteiger partial charge in [-0.15, -0.1) is 0 Å². The summed E-state index contributed by atoms with van der Waals surface area (Å²) < 4.78 is 0. The Bertz CT molecular complexity index is 396. The van der Waals surface area contributed by atoms with Gasteiger partial charge in [-0.2, -0.15) is 0 Å². The van der Waals surface area contributed by atoms with Crippen molar-refractivity contribution in [1.29, 1.82) is 0 Å². The highest BCUT2D eigenvalue weighted by Crippen LogP contribution is 2.30. The van der Waals surface area contributed by atoms with Gasteiger partial charge >= 0.3 is 0 Å². The van der Waals surface area contributed by atoms with Crippen LogP contribution in [0.15, 0.2) is 6.07 Å².